The largest absolute Gasteiger partial charge is 0.389 e. The van der Waals surface area contributed by atoms with Crippen molar-refractivity contribution in [2.45, 2.75) is 43.7 Å². The van der Waals surface area contributed by atoms with Gasteiger partial charge in [0.1, 0.15) is 9.20 Å². The van der Waals surface area contributed by atoms with Gasteiger partial charge in [-0.15, -0.1) is 11.3 Å². The average molecular weight is 335 g/mol. The molecule has 7 heteroatoms. The van der Waals surface area contributed by atoms with E-state index in [0.29, 0.717) is 22.2 Å². The minimum atomic E-state index is -3.42. The third-order valence-corrected chi connectivity index (χ3v) is 6.77. The van der Waals surface area contributed by atoms with Crippen LogP contribution in [0.3, 0.4) is 0 Å². The molecule has 0 aliphatic heterocycles. The number of hydrogen-bond acceptors (Lipinski definition) is 4. The van der Waals surface area contributed by atoms with E-state index in [-0.39, 0.29) is 4.99 Å². The highest BCUT2D eigenvalue weighted by Gasteiger charge is 2.25. The predicted octanol–water partition coefficient (Wildman–Crippen LogP) is 2.97. The molecule has 1 aromatic heterocycles. The second-order valence-electron chi connectivity index (χ2n) is 4.59. The molecule has 0 spiro atoms. The maximum absolute atomic E-state index is 12.6. The fourth-order valence-corrected chi connectivity index (χ4v) is 4.76. The standard InChI is InChI=1S/C13H22N2O2S3/c1-3-5-9-15(10-6-4-2)20(16,17)12-8-7-11(19-12)13(14)18/h7-8H,3-6,9-10H2,1-2H3,(H2,14,18). The molecular formula is C13H22N2O2S3. The molecule has 0 bridgehead atoms. The first-order valence-corrected chi connectivity index (χ1v) is 9.49. The fraction of sp³-hybridized carbons (Fsp3) is 0.615. The smallest absolute Gasteiger partial charge is 0.252 e. The quantitative estimate of drug-likeness (QED) is 0.705. The Hall–Kier alpha value is -0.500. The van der Waals surface area contributed by atoms with E-state index < -0.39 is 10.0 Å². The number of unbranched alkanes of at least 4 members (excludes halogenated alkanes) is 2. The van der Waals surface area contributed by atoms with Crippen molar-refractivity contribution in [2.75, 3.05) is 13.1 Å². The predicted molar refractivity (Wildman–Crippen MR) is 88.8 cm³/mol. The van der Waals surface area contributed by atoms with Crippen molar-refractivity contribution in [1.29, 1.82) is 0 Å². The van der Waals surface area contributed by atoms with Crippen molar-refractivity contribution in [3.05, 3.63) is 17.0 Å². The zero-order valence-electron chi connectivity index (χ0n) is 12.0. The molecule has 0 aliphatic carbocycles. The van der Waals surface area contributed by atoms with Crippen LogP contribution in [-0.2, 0) is 10.0 Å². The van der Waals surface area contributed by atoms with Gasteiger partial charge < -0.3 is 5.73 Å². The van der Waals surface area contributed by atoms with Gasteiger partial charge in [-0.1, -0.05) is 38.9 Å². The fourth-order valence-electron chi connectivity index (χ4n) is 1.74. The minimum Gasteiger partial charge on any atom is -0.389 e. The second-order valence-corrected chi connectivity index (χ2v) is 8.28. The lowest BCUT2D eigenvalue weighted by Gasteiger charge is -2.20. The third-order valence-electron chi connectivity index (χ3n) is 2.94. The summed E-state index contributed by atoms with van der Waals surface area (Å²) in [5.74, 6) is 0. The van der Waals surface area contributed by atoms with Gasteiger partial charge in [0.05, 0.1) is 4.88 Å². The van der Waals surface area contributed by atoms with Crippen molar-refractivity contribution in [3.8, 4) is 0 Å². The van der Waals surface area contributed by atoms with Crippen LogP contribution in [0.15, 0.2) is 16.3 Å². The topological polar surface area (TPSA) is 63.4 Å². The number of nitrogens with zero attached hydrogens (tertiary/aromatic N) is 1. The highest BCUT2D eigenvalue weighted by Crippen LogP contribution is 2.25. The number of thiocarbonyl (C=S) groups is 1. The molecule has 0 saturated heterocycles. The van der Waals surface area contributed by atoms with Gasteiger partial charge in [-0.2, -0.15) is 4.31 Å². The van der Waals surface area contributed by atoms with Crippen LogP contribution in [0.4, 0.5) is 0 Å². The summed E-state index contributed by atoms with van der Waals surface area (Å²) >= 11 is 6.03. The van der Waals surface area contributed by atoms with Crippen LogP contribution in [0.5, 0.6) is 0 Å². The molecule has 0 saturated carbocycles. The zero-order chi connectivity index (χ0) is 15.2. The maximum Gasteiger partial charge on any atom is 0.252 e. The second kappa shape index (κ2) is 8.07. The van der Waals surface area contributed by atoms with Crippen LogP contribution >= 0.6 is 23.6 Å². The van der Waals surface area contributed by atoms with Crippen molar-refractivity contribution >= 4 is 38.6 Å². The van der Waals surface area contributed by atoms with Gasteiger partial charge >= 0.3 is 0 Å². The summed E-state index contributed by atoms with van der Waals surface area (Å²) in [7, 11) is -3.42. The lowest BCUT2D eigenvalue weighted by molar-refractivity contribution is 0.396. The maximum atomic E-state index is 12.6. The van der Waals surface area contributed by atoms with Crippen LogP contribution < -0.4 is 5.73 Å². The molecule has 4 nitrogen and oxygen atoms in total. The van der Waals surface area contributed by atoms with Gasteiger partial charge in [-0.25, -0.2) is 8.42 Å². The number of thiophene rings is 1. The summed E-state index contributed by atoms with van der Waals surface area (Å²) in [4.78, 5) is 0.884. The van der Waals surface area contributed by atoms with Gasteiger partial charge in [0.15, 0.2) is 0 Å². The molecular weight excluding hydrogens is 312 g/mol. The molecule has 0 aromatic carbocycles. The van der Waals surface area contributed by atoms with E-state index >= 15 is 0 Å². The number of rotatable bonds is 9. The number of nitrogens with two attached hydrogens (primary N) is 1. The van der Waals surface area contributed by atoms with Gasteiger partial charge in [-0.3, -0.25) is 0 Å². The summed E-state index contributed by atoms with van der Waals surface area (Å²) < 4.78 is 27.2. The summed E-state index contributed by atoms with van der Waals surface area (Å²) in [6.07, 6.45) is 3.69. The Morgan fingerprint density at radius 3 is 2.20 bits per heavy atom. The number of sulfonamides is 1. The molecule has 1 aromatic rings. The van der Waals surface area contributed by atoms with E-state index in [4.69, 9.17) is 18.0 Å². The Morgan fingerprint density at radius 1 is 1.25 bits per heavy atom. The molecule has 1 rings (SSSR count). The molecule has 0 unspecified atom stereocenters. The Balaban J connectivity index is 2.97. The molecule has 1 heterocycles. The van der Waals surface area contributed by atoms with Crippen molar-refractivity contribution < 1.29 is 8.42 Å². The van der Waals surface area contributed by atoms with Crippen molar-refractivity contribution in [1.82, 2.24) is 4.31 Å². The Kier molecular flexibility index (Phi) is 7.08. The average Bonchev–Trinajstić information content (AvgIpc) is 2.89. The molecule has 0 aliphatic rings. The molecule has 0 radical (unpaired) electrons. The van der Waals surface area contributed by atoms with E-state index in [1.54, 1.807) is 16.4 Å². The summed E-state index contributed by atoms with van der Waals surface area (Å²) in [6.45, 7) is 5.25. The first-order chi connectivity index (χ1) is 9.43. The summed E-state index contributed by atoms with van der Waals surface area (Å²) in [5.41, 5.74) is 5.54. The van der Waals surface area contributed by atoms with Crippen LogP contribution in [0.1, 0.15) is 44.4 Å². The first-order valence-electron chi connectivity index (χ1n) is 6.83. The highest BCUT2D eigenvalue weighted by atomic mass is 32.2. The van der Waals surface area contributed by atoms with Gasteiger partial charge in [0.2, 0.25) is 0 Å². The summed E-state index contributed by atoms with van der Waals surface area (Å²) in [6, 6.07) is 3.27. The van der Waals surface area contributed by atoms with Gasteiger partial charge in [-0.05, 0) is 25.0 Å². The molecule has 0 fully saturated rings. The van der Waals surface area contributed by atoms with E-state index in [0.717, 1.165) is 37.0 Å². The van der Waals surface area contributed by atoms with Crippen LogP contribution in [0.25, 0.3) is 0 Å². The van der Waals surface area contributed by atoms with E-state index in [2.05, 4.69) is 13.8 Å². The third kappa shape index (κ3) is 4.51. The molecule has 0 amide bonds. The zero-order valence-corrected chi connectivity index (χ0v) is 14.4. The Bertz CT molecular complexity index is 530. The summed E-state index contributed by atoms with van der Waals surface area (Å²) in [5, 5.41) is 0. The van der Waals surface area contributed by atoms with Crippen molar-refractivity contribution in [2.24, 2.45) is 5.73 Å². The van der Waals surface area contributed by atoms with Gasteiger partial charge in [0.25, 0.3) is 10.0 Å². The van der Waals surface area contributed by atoms with E-state index in [1.807, 2.05) is 0 Å². The van der Waals surface area contributed by atoms with E-state index in [9.17, 15) is 8.42 Å². The SMILES string of the molecule is CCCCN(CCCC)S(=O)(=O)c1ccc(C(N)=S)s1. The first kappa shape index (κ1) is 17.6. The lowest BCUT2D eigenvalue weighted by Crippen LogP contribution is -2.32. The molecule has 0 atom stereocenters. The molecule has 20 heavy (non-hydrogen) atoms. The van der Waals surface area contributed by atoms with Crippen LogP contribution in [0, 0.1) is 0 Å². The lowest BCUT2D eigenvalue weighted by atomic mass is 10.3. The van der Waals surface area contributed by atoms with Crippen LogP contribution in [-0.4, -0.2) is 30.8 Å². The Morgan fingerprint density at radius 2 is 1.80 bits per heavy atom. The normalized spacial score (nSPS) is 11.9. The molecule has 114 valence electrons. The Labute approximate surface area is 131 Å². The van der Waals surface area contributed by atoms with Gasteiger partial charge in [0, 0.05) is 13.1 Å². The van der Waals surface area contributed by atoms with Crippen LogP contribution in [0.2, 0.25) is 0 Å². The highest BCUT2D eigenvalue weighted by molar-refractivity contribution is 7.91. The van der Waals surface area contributed by atoms with Crippen molar-refractivity contribution in [3.63, 3.8) is 0 Å². The number of hydrogen-bond donors (Lipinski definition) is 1. The molecule has 2 N–H and O–H groups in total. The monoisotopic (exact) mass is 334 g/mol. The minimum absolute atomic E-state index is 0.241. The van der Waals surface area contributed by atoms with E-state index in [1.165, 1.54) is 0 Å².